The Morgan fingerprint density at radius 2 is 1.98 bits per heavy atom. The summed E-state index contributed by atoms with van der Waals surface area (Å²) in [5, 5.41) is 14.5. The highest BCUT2D eigenvalue weighted by Crippen LogP contribution is 2.34. The lowest BCUT2D eigenvalue weighted by Crippen LogP contribution is -2.25. The lowest BCUT2D eigenvalue weighted by molar-refractivity contribution is 0.134. The quantitative estimate of drug-likeness (QED) is 0.234. The fourth-order valence-electron chi connectivity index (χ4n) is 5.12. The van der Waals surface area contributed by atoms with Crippen LogP contribution in [0, 0.1) is 6.92 Å². The summed E-state index contributed by atoms with van der Waals surface area (Å²) >= 11 is 6.58. The van der Waals surface area contributed by atoms with Crippen LogP contribution in [0.2, 0.25) is 5.15 Å². The molecular weight excluding hydrogens is 574 g/mol. The number of halogens is 1. The lowest BCUT2D eigenvalue weighted by Gasteiger charge is -2.14. The fourth-order valence-corrected chi connectivity index (χ4v) is 5.37. The van der Waals surface area contributed by atoms with Crippen LogP contribution in [0.25, 0.3) is 28.2 Å². The van der Waals surface area contributed by atoms with Crippen molar-refractivity contribution in [3.8, 4) is 28.2 Å². The number of ether oxygens (including phenoxy) is 2. The number of hydrogen-bond acceptors (Lipinski definition) is 9. The fraction of sp³-hybridized carbons (Fsp3) is 0.276. The molecule has 1 aliphatic rings. The molecule has 3 aromatic heterocycles. The molecule has 220 valence electrons. The molecule has 0 aliphatic carbocycles. The van der Waals surface area contributed by atoms with Crippen LogP contribution in [0.15, 0.2) is 59.7 Å². The van der Waals surface area contributed by atoms with Gasteiger partial charge in [-0.3, -0.25) is 14.7 Å². The summed E-state index contributed by atoms with van der Waals surface area (Å²) in [6, 6.07) is 14.1. The minimum Gasteiger partial charge on any atom is -0.449 e. The molecule has 2 N–H and O–H groups in total. The van der Waals surface area contributed by atoms with E-state index < -0.39 is 6.09 Å². The third kappa shape index (κ3) is 5.90. The molecule has 0 saturated carbocycles. The zero-order chi connectivity index (χ0) is 29.9. The first kappa shape index (κ1) is 28.2. The highest BCUT2D eigenvalue weighted by Gasteiger charge is 2.30. The van der Waals surface area contributed by atoms with Gasteiger partial charge < -0.3 is 14.5 Å². The monoisotopic (exact) mass is 601 g/mol. The Bertz CT molecular complexity index is 1820. The molecule has 0 fully saturated rings. The number of aromatic nitrogens is 8. The minimum atomic E-state index is -0.542. The number of anilines is 1. The summed E-state index contributed by atoms with van der Waals surface area (Å²) in [7, 11) is 1.60. The molecule has 6 rings (SSSR count). The molecule has 5 aromatic rings. The molecule has 0 radical (unpaired) electrons. The first-order valence-electron chi connectivity index (χ1n) is 13.7. The van der Waals surface area contributed by atoms with Gasteiger partial charge in [0.15, 0.2) is 0 Å². The summed E-state index contributed by atoms with van der Waals surface area (Å²) in [4.78, 5) is 38.3. The molecule has 1 amide bonds. The standard InChI is InChI=1S/C29H28ClN9O4/c1-17-4-9-22(38-16-31-36-37-38)20(14-17)21-15-25(40)39-23(10-11-24(39)33-21)28-34-26(27(30)35-28)18-5-7-19(8-6-18)32-29(41)43-13-3-12-42-2/h4-9,14-16,23H,3,10-13H2,1-2H3,(H,32,41)(H,34,35)/t23-/m0/s1. The Balaban J connectivity index is 1.23. The number of aryl methyl sites for hydroxylation is 2. The topological polar surface area (TPSA) is 155 Å². The van der Waals surface area contributed by atoms with E-state index in [1.165, 1.54) is 12.4 Å². The predicted octanol–water partition coefficient (Wildman–Crippen LogP) is 4.36. The Hall–Kier alpha value is -4.88. The third-order valence-corrected chi connectivity index (χ3v) is 7.40. The first-order valence-corrected chi connectivity index (χ1v) is 14.0. The van der Waals surface area contributed by atoms with Gasteiger partial charge in [0, 0.05) is 49.4 Å². The zero-order valence-corrected chi connectivity index (χ0v) is 24.2. The van der Waals surface area contributed by atoms with Crippen LogP contribution in [0.5, 0.6) is 0 Å². The van der Waals surface area contributed by atoms with E-state index in [9.17, 15) is 9.59 Å². The summed E-state index contributed by atoms with van der Waals surface area (Å²) in [5.41, 5.74) is 4.74. The molecule has 14 heteroatoms. The number of fused-ring (bicyclic) bond motifs is 1. The van der Waals surface area contributed by atoms with E-state index in [0.717, 1.165) is 22.4 Å². The van der Waals surface area contributed by atoms with Crippen LogP contribution in [0.1, 0.15) is 36.1 Å². The van der Waals surface area contributed by atoms with Crippen molar-refractivity contribution in [3.63, 3.8) is 0 Å². The van der Waals surface area contributed by atoms with Gasteiger partial charge in [-0.1, -0.05) is 35.4 Å². The van der Waals surface area contributed by atoms with Crippen LogP contribution in [-0.2, 0) is 15.9 Å². The number of H-pyrrole nitrogens is 1. The zero-order valence-electron chi connectivity index (χ0n) is 23.5. The number of nitrogens with one attached hydrogen (secondary N) is 2. The molecule has 43 heavy (non-hydrogen) atoms. The average molecular weight is 602 g/mol. The Kier molecular flexibility index (Phi) is 7.99. The van der Waals surface area contributed by atoms with E-state index in [2.05, 4.69) is 25.8 Å². The number of amides is 1. The van der Waals surface area contributed by atoms with Gasteiger partial charge in [-0.2, -0.15) is 4.68 Å². The number of methoxy groups -OCH3 is 1. The Morgan fingerprint density at radius 1 is 1.14 bits per heavy atom. The number of aromatic amines is 1. The molecule has 2 aromatic carbocycles. The van der Waals surface area contributed by atoms with E-state index in [1.807, 2.05) is 25.1 Å². The molecule has 13 nitrogen and oxygen atoms in total. The third-order valence-electron chi connectivity index (χ3n) is 7.13. The number of carbonyl (C=O) groups is 1. The van der Waals surface area contributed by atoms with Gasteiger partial charge in [0.2, 0.25) is 0 Å². The van der Waals surface area contributed by atoms with Gasteiger partial charge >= 0.3 is 6.09 Å². The van der Waals surface area contributed by atoms with Crippen molar-refractivity contribution >= 4 is 23.4 Å². The van der Waals surface area contributed by atoms with E-state index in [4.69, 9.17) is 31.0 Å². The molecular formula is C29H28ClN9O4. The van der Waals surface area contributed by atoms with E-state index in [-0.39, 0.29) is 18.2 Å². The minimum absolute atomic E-state index is 0.190. The van der Waals surface area contributed by atoms with Crippen LogP contribution < -0.4 is 10.9 Å². The SMILES string of the molecule is COCCCOC(=O)Nc1ccc(-c2nc([C@@H]3CCc4nc(-c5cc(C)ccc5-n5cnnn5)cc(=O)n43)[nH]c2Cl)cc1. The maximum atomic E-state index is 13.5. The van der Waals surface area contributed by atoms with Crippen molar-refractivity contribution in [1.29, 1.82) is 0 Å². The van der Waals surface area contributed by atoms with Crippen molar-refractivity contribution in [1.82, 2.24) is 39.7 Å². The Morgan fingerprint density at radius 3 is 2.74 bits per heavy atom. The number of hydrogen-bond donors (Lipinski definition) is 2. The number of imidazole rings is 1. The van der Waals surface area contributed by atoms with Crippen LogP contribution >= 0.6 is 11.6 Å². The normalized spacial score (nSPS) is 14.1. The van der Waals surface area contributed by atoms with Crippen LogP contribution in [0.3, 0.4) is 0 Å². The summed E-state index contributed by atoms with van der Waals surface area (Å²) in [6.07, 6.45) is 2.81. The number of carbonyl (C=O) groups excluding carboxylic acids is 1. The lowest BCUT2D eigenvalue weighted by atomic mass is 10.1. The van der Waals surface area contributed by atoms with Gasteiger partial charge in [0.05, 0.1) is 24.0 Å². The summed E-state index contributed by atoms with van der Waals surface area (Å²) < 4.78 is 13.3. The molecule has 4 heterocycles. The van der Waals surface area contributed by atoms with Gasteiger partial charge in [0.25, 0.3) is 5.56 Å². The van der Waals surface area contributed by atoms with Crippen LogP contribution in [0.4, 0.5) is 10.5 Å². The highest BCUT2D eigenvalue weighted by atomic mass is 35.5. The van der Waals surface area contributed by atoms with Gasteiger partial charge in [0.1, 0.15) is 28.8 Å². The second kappa shape index (κ2) is 12.2. The predicted molar refractivity (Wildman–Crippen MR) is 158 cm³/mol. The van der Waals surface area contributed by atoms with E-state index in [1.54, 1.807) is 40.6 Å². The molecule has 1 aliphatic heterocycles. The molecule has 0 unspecified atom stereocenters. The molecule has 0 saturated heterocycles. The number of rotatable bonds is 9. The molecule has 0 spiro atoms. The highest BCUT2D eigenvalue weighted by molar-refractivity contribution is 6.31. The largest absolute Gasteiger partial charge is 0.449 e. The van der Waals surface area contributed by atoms with E-state index in [0.29, 0.717) is 59.7 Å². The van der Waals surface area contributed by atoms with Crippen molar-refractivity contribution < 1.29 is 14.3 Å². The maximum Gasteiger partial charge on any atom is 0.411 e. The second-order valence-corrected chi connectivity index (χ2v) is 10.4. The van der Waals surface area contributed by atoms with Crippen molar-refractivity contribution in [2.75, 3.05) is 25.6 Å². The molecule has 0 bridgehead atoms. The van der Waals surface area contributed by atoms with Crippen molar-refractivity contribution in [2.24, 2.45) is 0 Å². The van der Waals surface area contributed by atoms with Gasteiger partial charge in [-0.05, 0) is 48.0 Å². The number of nitrogens with zero attached hydrogens (tertiary/aromatic N) is 7. The summed E-state index contributed by atoms with van der Waals surface area (Å²) in [6.45, 7) is 2.76. The Labute approximate surface area is 250 Å². The van der Waals surface area contributed by atoms with E-state index >= 15 is 0 Å². The molecule has 1 atom stereocenters. The number of tetrazole rings is 1. The van der Waals surface area contributed by atoms with Gasteiger partial charge in [-0.15, -0.1) is 5.10 Å². The number of benzene rings is 2. The summed E-state index contributed by atoms with van der Waals surface area (Å²) in [5.74, 6) is 1.23. The maximum absolute atomic E-state index is 13.5. The van der Waals surface area contributed by atoms with Crippen molar-refractivity contribution in [2.45, 2.75) is 32.2 Å². The van der Waals surface area contributed by atoms with Gasteiger partial charge in [-0.25, -0.2) is 14.8 Å². The smallest absolute Gasteiger partial charge is 0.411 e. The average Bonchev–Trinajstić information content (AvgIpc) is 3.76. The second-order valence-electron chi connectivity index (χ2n) is 10.1. The van der Waals surface area contributed by atoms with Crippen molar-refractivity contribution in [3.05, 3.63) is 87.6 Å². The first-order chi connectivity index (χ1) is 20.9. The van der Waals surface area contributed by atoms with Crippen LogP contribution in [-0.4, -0.2) is 66.1 Å².